The Balaban J connectivity index is 1.55. The van der Waals surface area contributed by atoms with Gasteiger partial charge in [0.1, 0.15) is 17.0 Å². The number of hydrogen-bond acceptors (Lipinski definition) is 6. The fraction of sp³-hybridized carbons (Fsp3) is 0.280. The van der Waals surface area contributed by atoms with Crippen molar-refractivity contribution in [3.63, 3.8) is 0 Å². The van der Waals surface area contributed by atoms with E-state index in [0.717, 1.165) is 40.5 Å². The minimum absolute atomic E-state index is 0.519. The molecule has 1 N–H and O–H groups in total. The molecule has 0 atom stereocenters. The van der Waals surface area contributed by atoms with E-state index in [-0.39, 0.29) is 0 Å². The van der Waals surface area contributed by atoms with E-state index in [2.05, 4.69) is 64.8 Å². The lowest BCUT2D eigenvalue weighted by molar-refractivity contribution is 0.354. The van der Waals surface area contributed by atoms with Crippen molar-refractivity contribution in [3.05, 3.63) is 65.3 Å². The Kier molecular flexibility index (Phi) is 6.37. The van der Waals surface area contributed by atoms with Gasteiger partial charge in [-0.1, -0.05) is 44.2 Å². The zero-order valence-corrected chi connectivity index (χ0v) is 19.1. The molecule has 31 heavy (non-hydrogen) atoms. The van der Waals surface area contributed by atoms with Gasteiger partial charge in [0.2, 0.25) is 0 Å². The highest BCUT2D eigenvalue weighted by atomic mass is 32.1. The van der Waals surface area contributed by atoms with Gasteiger partial charge in [0.15, 0.2) is 11.5 Å². The van der Waals surface area contributed by atoms with Gasteiger partial charge in [0.05, 0.1) is 19.6 Å². The number of hydrogen-bond donors (Lipinski definition) is 1. The van der Waals surface area contributed by atoms with Crippen LogP contribution in [0, 0.1) is 0 Å². The summed E-state index contributed by atoms with van der Waals surface area (Å²) < 4.78 is 10.7. The Labute approximate surface area is 187 Å². The molecule has 5 nitrogen and oxygen atoms in total. The van der Waals surface area contributed by atoms with Crippen molar-refractivity contribution in [1.29, 1.82) is 0 Å². The maximum Gasteiger partial charge on any atom is 0.160 e. The van der Waals surface area contributed by atoms with Gasteiger partial charge in [-0.3, -0.25) is 0 Å². The first-order valence-electron chi connectivity index (χ1n) is 10.4. The second kappa shape index (κ2) is 9.35. The summed E-state index contributed by atoms with van der Waals surface area (Å²) in [5, 5.41) is 6.76. The summed E-state index contributed by atoms with van der Waals surface area (Å²) >= 11 is 1.65. The Bertz CT molecular complexity index is 1170. The first-order chi connectivity index (χ1) is 15.1. The number of thiophene rings is 1. The highest BCUT2D eigenvalue weighted by Crippen LogP contribution is 2.37. The number of benzene rings is 2. The van der Waals surface area contributed by atoms with Crippen molar-refractivity contribution in [2.75, 3.05) is 26.1 Å². The lowest BCUT2D eigenvalue weighted by Gasteiger charge is -2.11. The topological polar surface area (TPSA) is 56.3 Å². The number of ether oxygens (including phenoxy) is 2. The van der Waals surface area contributed by atoms with Crippen molar-refractivity contribution in [2.24, 2.45) is 0 Å². The van der Waals surface area contributed by atoms with Crippen LogP contribution in [0.2, 0.25) is 0 Å². The quantitative estimate of drug-likeness (QED) is 0.361. The summed E-state index contributed by atoms with van der Waals surface area (Å²) in [6.07, 6.45) is 2.47. The molecule has 0 aliphatic heterocycles. The second-order valence-corrected chi connectivity index (χ2v) is 8.55. The largest absolute Gasteiger partial charge is 0.493 e. The van der Waals surface area contributed by atoms with E-state index in [1.807, 2.05) is 12.1 Å². The van der Waals surface area contributed by atoms with E-state index < -0.39 is 0 Å². The minimum Gasteiger partial charge on any atom is -0.493 e. The molecular formula is C25H27N3O2S. The molecule has 0 saturated carbocycles. The lowest BCUT2D eigenvalue weighted by Crippen LogP contribution is -2.07. The van der Waals surface area contributed by atoms with E-state index in [9.17, 15) is 0 Å². The zero-order valence-electron chi connectivity index (χ0n) is 18.3. The molecular weight excluding hydrogens is 406 g/mol. The molecule has 0 spiro atoms. The standard InChI is InChI=1S/C25H27N3O2S/c1-16(2)18-6-8-19(9-7-18)20-14-31-25-23(20)24(27-15-28-25)26-12-11-17-5-10-21(29-3)22(13-17)30-4/h5-10,13-16H,11-12H2,1-4H3,(H,26,27,28). The number of anilines is 1. The van der Waals surface area contributed by atoms with E-state index in [4.69, 9.17) is 9.47 Å². The highest BCUT2D eigenvalue weighted by Gasteiger charge is 2.13. The molecule has 160 valence electrons. The van der Waals surface area contributed by atoms with E-state index in [1.54, 1.807) is 31.9 Å². The summed E-state index contributed by atoms with van der Waals surface area (Å²) in [7, 11) is 3.30. The molecule has 0 radical (unpaired) electrons. The van der Waals surface area contributed by atoms with Crippen molar-refractivity contribution in [3.8, 4) is 22.6 Å². The van der Waals surface area contributed by atoms with Crippen molar-refractivity contribution >= 4 is 27.4 Å². The number of fused-ring (bicyclic) bond motifs is 1. The van der Waals surface area contributed by atoms with Crippen LogP contribution in [0.5, 0.6) is 11.5 Å². The van der Waals surface area contributed by atoms with E-state index in [1.165, 1.54) is 22.3 Å². The molecule has 0 saturated heterocycles. The van der Waals surface area contributed by atoms with Crippen LogP contribution in [0.4, 0.5) is 5.82 Å². The molecule has 6 heteroatoms. The van der Waals surface area contributed by atoms with Crippen LogP contribution in [0.15, 0.2) is 54.2 Å². The Morgan fingerprint density at radius 2 is 1.74 bits per heavy atom. The monoisotopic (exact) mass is 433 g/mol. The molecule has 4 aromatic rings. The number of nitrogens with one attached hydrogen (secondary N) is 1. The number of aromatic nitrogens is 2. The molecule has 0 fully saturated rings. The number of methoxy groups -OCH3 is 2. The molecule has 0 aliphatic rings. The summed E-state index contributed by atoms with van der Waals surface area (Å²) in [6, 6.07) is 14.8. The molecule has 2 heterocycles. The first-order valence-corrected chi connectivity index (χ1v) is 11.3. The predicted molar refractivity (Wildman–Crippen MR) is 129 cm³/mol. The number of nitrogens with zero attached hydrogens (tertiary/aromatic N) is 2. The Hall–Kier alpha value is -3.12. The fourth-order valence-electron chi connectivity index (χ4n) is 3.63. The second-order valence-electron chi connectivity index (χ2n) is 7.69. The number of rotatable bonds is 8. The van der Waals surface area contributed by atoms with Crippen molar-refractivity contribution < 1.29 is 9.47 Å². The summed E-state index contributed by atoms with van der Waals surface area (Å²) in [5.74, 6) is 2.87. The van der Waals surface area contributed by atoms with Gasteiger partial charge in [0.25, 0.3) is 0 Å². The van der Waals surface area contributed by atoms with E-state index >= 15 is 0 Å². The summed E-state index contributed by atoms with van der Waals surface area (Å²) in [6.45, 7) is 5.18. The SMILES string of the molecule is COc1ccc(CCNc2ncnc3scc(-c4ccc(C(C)C)cc4)c23)cc1OC. The molecule has 0 bridgehead atoms. The molecule has 2 aromatic heterocycles. The summed E-state index contributed by atoms with van der Waals surface area (Å²) in [5.41, 5.74) is 4.87. The maximum atomic E-state index is 5.41. The maximum absolute atomic E-state index is 5.41. The van der Waals surface area contributed by atoms with Crippen molar-refractivity contribution in [1.82, 2.24) is 9.97 Å². The Morgan fingerprint density at radius 1 is 0.968 bits per heavy atom. The van der Waals surface area contributed by atoms with Gasteiger partial charge in [-0.15, -0.1) is 11.3 Å². The van der Waals surface area contributed by atoms with Crippen LogP contribution in [0.1, 0.15) is 30.9 Å². The zero-order chi connectivity index (χ0) is 21.8. The average molecular weight is 434 g/mol. The van der Waals surface area contributed by atoms with E-state index in [0.29, 0.717) is 5.92 Å². The third-order valence-corrected chi connectivity index (χ3v) is 6.30. The third-order valence-electron chi connectivity index (χ3n) is 5.41. The lowest BCUT2D eigenvalue weighted by atomic mass is 9.99. The molecule has 0 amide bonds. The third kappa shape index (κ3) is 4.49. The smallest absolute Gasteiger partial charge is 0.160 e. The first kappa shape index (κ1) is 21.1. The molecule has 4 rings (SSSR count). The fourth-order valence-corrected chi connectivity index (χ4v) is 4.55. The van der Waals surface area contributed by atoms with Crippen LogP contribution in [0.25, 0.3) is 21.3 Å². The molecule has 0 unspecified atom stereocenters. The van der Waals surface area contributed by atoms with Gasteiger partial charge >= 0.3 is 0 Å². The van der Waals surface area contributed by atoms with Crippen LogP contribution < -0.4 is 14.8 Å². The van der Waals surface area contributed by atoms with Gasteiger partial charge < -0.3 is 14.8 Å². The predicted octanol–water partition coefficient (Wildman–Crippen LogP) is 6.15. The highest BCUT2D eigenvalue weighted by molar-refractivity contribution is 7.17. The van der Waals surface area contributed by atoms with Gasteiger partial charge in [-0.2, -0.15) is 0 Å². The van der Waals surface area contributed by atoms with Crippen LogP contribution >= 0.6 is 11.3 Å². The van der Waals surface area contributed by atoms with Crippen molar-refractivity contribution in [2.45, 2.75) is 26.2 Å². The Morgan fingerprint density at radius 3 is 2.45 bits per heavy atom. The average Bonchev–Trinajstić information content (AvgIpc) is 3.24. The van der Waals surface area contributed by atoms with Crippen LogP contribution in [-0.2, 0) is 6.42 Å². The van der Waals surface area contributed by atoms with Gasteiger partial charge in [-0.25, -0.2) is 9.97 Å². The van der Waals surface area contributed by atoms with Gasteiger partial charge in [0, 0.05) is 17.5 Å². The normalized spacial score (nSPS) is 11.1. The van der Waals surface area contributed by atoms with Crippen LogP contribution in [-0.4, -0.2) is 30.7 Å². The van der Waals surface area contributed by atoms with Crippen LogP contribution in [0.3, 0.4) is 0 Å². The molecule has 2 aromatic carbocycles. The minimum atomic E-state index is 0.519. The van der Waals surface area contributed by atoms with Gasteiger partial charge in [-0.05, 0) is 41.2 Å². The summed E-state index contributed by atoms with van der Waals surface area (Å²) in [4.78, 5) is 10.0. The molecule has 0 aliphatic carbocycles.